The van der Waals surface area contributed by atoms with E-state index in [1.54, 1.807) is 7.11 Å². The maximum Gasteiger partial charge on any atom is 0.257 e. The number of carbonyl (C=O) groups is 1. The van der Waals surface area contributed by atoms with Crippen molar-refractivity contribution in [3.63, 3.8) is 0 Å². The summed E-state index contributed by atoms with van der Waals surface area (Å²) in [7, 11) is 1.60. The normalized spacial score (nSPS) is 15.7. The molecular weight excluding hydrogens is 340 g/mol. The van der Waals surface area contributed by atoms with Gasteiger partial charge in [-0.3, -0.25) is 9.69 Å². The highest BCUT2D eigenvalue weighted by atomic mass is 16.5. The SMILES string of the molecule is COc1ccccc1C(=O)N1CCCN(Cc2cn3ccccc3n2)CC1. The van der Waals surface area contributed by atoms with Crippen LogP contribution in [0.4, 0.5) is 0 Å². The summed E-state index contributed by atoms with van der Waals surface area (Å²) in [6, 6.07) is 13.4. The standard InChI is InChI=1S/C21H24N4O2/c1-27-19-8-3-2-7-18(19)21(26)24-12-6-10-23(13-14-24)15-17-16-25-11-5-4-9-20(25)22-17/h2-5,7-9,11,16H,6,10,12-15H2,1H3. The highest BCUT2D eigenvalue weighted by molar-refractivity contribution is 5.97. The Morgan fingerprint density at radius 3 is 2.78 bits per heavy atom. The fraction of sp³-hybridized carbons (Fsp3) is 0.333. The molecule has 0 atom stereocenters. The third-order valence-electron chi connectivity index (χ3n) is 5.01. The molecule has 1 amide bonds. The summed E-state index contributed by atoms with van der Waals surface area (Å²) in [5.41, 5.74) is 2.66. The van der Waals surface area contributed by atoms with Crippen molar-refractivity contribution in [1.82, 2.24) is 19.2 Å². The van der Waals surface area contributed by atoms with Gasteiger partial charge in [0.15, 0.2) is 0 Å². The summed E-state index contributed by atoms with van der Waals surface area (Å²) in [6.45, 7) is 4.08. The number of pyridine rings is 1. The Morgan fingerprint density at radius 1 is 1.07 bits per heavy atom. The summed E-state index contributed by atoms with van der Waals surface area (Å²) >= 11 is 0. The summed E-state index contributed by atoms with van der Waals surface area (Å²) in [5.74, 6) is 0.676. The minimum absolute atomic E-state index is 0.0435. The van der Waals surface area contributed by atoms with Crippen molar-refractivity contribution in [3.05, 3.63) is 66.1 Å². The third kappa shape index (κ3) is 3.80. The van der Waals surface area contributed by atoms with Gasteiger partial charge in [-0.1, -0.05) is 18.2 Å². The Labute approximate surface area is 159 Å². The number of benzene rings is 1. The molecule has 27 heavy (non-hydrogen) atoms. The number of ether oxygens (including phenoxy) is 1. The largest absolute Gasteiger partial charge is 0.496 e. The molecule has 3 aromatic rings. The summed E-state index contributed by atoms with van der Waals surface area (Å²) in [6.07, 6.45) is 5.05. The van der Waals surface area contributed by atoms with Crippen molar-refractivity contribution in [2.24, 2.45) is 0 Å². The number of para-hydroxylation sites is 1. The van der Waals surface area contributed by atoms with Crippen LogP contribution in [0.15, 0.2) is 54.9 Å². The highest BCUT2D eigenvalue weighted by Gasteiger charge is 2.22. The number of amides is 1. The first kappa shape index (κ1) is 17.5. The van der Waals surface area contributed by atoms with Gasteiger partial charge >= 0.3 is 0 Å². The first-order valence-electron chi connectivity index (χ1n) is 9.32. The van der Waals surface area contributed by atoms with Crippen molar-refractivity contribution >= 4 is 11.6 Å². The molecule has 0 saturated carbocycles. The van der Waals surface area contributed by atoms with Crippen LogP contribution in [0, 0.1) is 0 Å². The molecule has 140 valence electrons. The van der Waals surface area contributed by atoms with Gasteiger partial charge in [-0.05, 0) is 30.7 Å². The average molecular weight is 364 g/mol. The molecule has 0 bridgehead atoms. The molecule has 6 heteroatoms. The van der Waals surface area contributed by atoms with Crippen molar-refractivity contribution < 1.29 is 9.53 Å². The van der Waals surface area contributed by atoms with Gasteiger partial charge in [-0.25, -0.2) is 4.98 Å². The fourth-order valence-electron chi connectivity index (χ4n) is 3.62. The van der Waals surface area contributed by atoms with Gasteiger partial charge in [0.2, 0.25) is 0 Å². The minimum Gasteiger partial charge on any atom is -0.496 e. The molecule has 1 aromatic carbocycles. The molecule has 1 fully saturated rings. The van der Waals surface area contributed by atoms with E-state index in [-0.39, 0.29) is 5.91 Å². The van der Waals surface area contributed by atoms with Crippen LogP contribution in [0.25, 0.3) is 5.65 Å². The van der Waals surface area contributed by atoms with Gasteiger partial charge < -0.3 is 14.0 Å². The smallest absolute Gasteiger partial charge is 0.257 e. The second-order valence-electron chi connectivity index (χ2n) is 6.82. The lowest BCUT2D eigenvalue weighted by molar-refractivity contribution is 0.0757. The maximum absolute atomic E-state index is 12.9. The number of rotatable bonds is 4. The topological polar surface area (TPSA) is 50.1 Å². The first-order chi connectivity index (χ1) is 13.2. The molecule has 1 aliphatic rings. The zero-order valence-electron chi connectivity index (χ0n) is 15.5. The number of hydrogen-bond donors (Lipinski definition) is 0. The van der Waals surface area contributed by atoms with Gasteiger partial charge in [-0.15, -0.1) is 0 Å². The Balaban J connectivity index is 1.42. The molecule has 0 N–H and O–H groups in total. The van der Waals surface area contributed by atoms with Crippen LogP contribution in [0.1, 0.15) is 22.5 Å². The lowest BCUT2D eigenvalue weighted by Gasteiger charge is -2.22. The monoisotopic (exact) mass is 364 g/mol. The maximum atomic E-state index is 12.9. The van der Waals surface area contributed by atoms with Gasteiger partial charge in [-0.2, -0.15) is 0 Å². The van der Waals surface area contributed by atoms with Crippen LogP contribution in [-0.4, -0.2) is 58.4 Å². The van der Waals surface area contributed by atoms with Crippen LogP contribution in [0.2, 0.25) is 0 Å². The van der Waals surface area contributed by atoms with E-state index in [1.165, 1.54) is 0 Å². The molecule has 4 rings (SSSR count). The molecular formula is C21H24N4O2. The van der Waals surface area contributed by atoms with E-state index in [2.05, 4.69) is 16.1 Å². The highest BCUT2D eigenvalue weighted by Crippen LogP contribution is 2.20. The van der Waals surface area contributed by atoms with E-state index >= 15 is 0 Å². The van der Waals surface area contributed by atoms with Crippen molar-refractivity contribution in [2.45, 2.75) is 13.0 Å². The Morgan fingerprint density at radius 2 is 1.93 bits per heavy atom. The average Bonchev–Trinajstić information content (AvgIpc) is 2.97. The summed E-state index contributed by atoms with van der Waals surface area (Å²) in [4.78, 5) is 21.9. The molecule has 0 unspecified atom stereocenters. The third-order valence-corrected chi connectivity index (χ3v) is 5.01. The molecule has 2 aromatic heterocycles. The van der Waals surface area contributed by atoms with Gasteiger partial charge in [0.25, 0.3) is 5.91 Å². The van der Waals surface area contributed by atoms with E-state index in [0.29, 0.717) is 17.9 Å². The molecule has 0 aliphatic carbocycles. The zero-order valence-corrected chi connectivity index (χ0v) is 15.5. The molecule has 3 heterocycles. The molecule has 0 radical (unpaired) electrons. The number of imidazole rings is 1. The first-order valence-corrected chi connectivity index (χ1v) is 9.32. The lowest BCUT2D eigenvalue weighted by Crippen LogP contribution is -2.35. The van der Waals surface area contributed by atoms with Gasteiger partial charge in [0, 0.05) is 45.1 Å². The van der Waals surface area contributed by atoms with E-state index in [1.807, 2.05) is 58.0 Å². The van der Waals surface area contributed by atoms with Crippen LogP contribution < -0.4 is 4.74 Å². The van der Waals surface area contributed by atoms with Crippen LogP contribution in [0.3, 0.4) is 0 Å². The second-order valence-corrected chi connectivity index (χ2v) is 6.82. The molecule has 1 aliphatic heterocycles. The Bertz CT molecular complexity index is 904. The van der Waals surface area contributed by atoms with Crippen LogP contribution >= 0.6 is 0 Å². The zero-order chi connectivity index (χ0) is 18.6. The molecule has 6 nitrogen and oxygen atoms in total. The molecule has 1 saturated heterocycles. The number of aromatic nitrogens is 2. The van der Waals surface area contributed by atoms with Crippen molar-refractivity contribution in [3.8, 4) is 5.75 Å². The van der Waals surface area contributed by atoms with Gasteiger partial charge in [0.1, 0.15) is 11.4 Å². The summed E-state index contributed by atoms with van der Waals surface area (Å²) in [5, 5.41) is 0. The van der Waals surface area contributed by atoms with E-state index < -0.39 is 0 Å². The van der Waals surface area contributed by atoms with E-state index in [0.717, 1.165) is 43.9 Å². The van der Waals surface area contributed by atoms with E-state index in [9.17, 15) is 4.79 Å². The van der Waals surface area contributed by atoms with Crippen molar-refractivity contribution in [1.29, 1.82) is 0 Å². The predicted molar refractivity (Wildman–Crippen MR) is 104 cm³/mol. The second kappa shape index (κ2) is 7.80. The number of hydrogen-bond acceptors (Lipinski definition) is 4. The number of fused-ring (bicyclic) bond motifs is 1. The number of nitrogens with zero attached hydrogens (tertiary/aromatic N) is 4. The minimum atomic E-state index is 0.0435. The summed E-state index contributed by atoms with van der Waals surface area (Å²) < 4.78 is 7.40. The Hall–Kier alpha value is -2.86. The Kier molecular flexibility index (Phi) is 5.07. The fourth-order valence-corrected chi connectivity index (χ4v) is 3.62. The quantitative estimate of drug-likeness (QED) is 0.714. The number of carbonyl (C=O) groups excluding carboxylic acids is 1. The van der Waals surface area contributed by atoms with Crippen LogP contribution in [-0.2, 0) is 6.54 Å². The van der Waals surface area contributed by atoms with Crippen LogP contribution in [0.5, 0.6) is 5.75 Å². The number of methoxy groups -OCH3 is 1. The lowest BCUT2D eigenvalue weighted by atomic mass is 10.1. The van der Waals surface area contributed by atoms with Gasteiger partial charge in [0.05, 0.1) is 18.4 Å². The van der Waals surface area contributed by atoms with Crippen molar-refractivity contribution in [2.75, 3.05) is 33.3 Å². The molecule has 0 spiro atoms. The predicted octanol–water partition coefficient (Wildman–Crippen LogP) is 2.69. The van der Waals surface area contributed by atoms with E-state index in [4.69, 9.17) is 4.74 Å².